The van der Waals surface area contributed by atoms with Gasteiger partial charge in [0.05, 0.1) is 28.5 Å². The zero-order chi connectivity index (χ0) is 16.8. The van der Waals surface area contributed by atoms with Crippen molar-refractivity contribution < 1.29 is 23.5 Å². The van der Waals surface area contributed by atoms with Gasteiger partial charge >= 0.3 is 0 Å². The summed E-state index contributed by atoms with van der Waals surface area (Å²) in [6.45, 7) is 0.526. The molecule has 108 valence electrons. The number of aromatic hydroxyl groups is 1. The van der Waals surface area contributed by atoms with E-state index in [1.54, 1.807) is 4.90 Å². The van der Waals surface area contributed by atoms with Crippen LogP contribution in [0.4, 0.5) is 5.69 Å². The van der Waals surface area contributed by atoms with Gasteiger partial charge in [0.1, 0.15) is 6.23 Å². The van der Waals surface area contributed by atoms with Gasteiger partial charge in [-0.25, -0.2) is 0 Å². The van der Waals surface area contributed by atoms with Crippen LogP contribution in [0.15, 0.2) is 12.1 Å². The summed E-state index contributed by atoms with van der Waals surface area (Å²) in [5, 5.41) is 12.9. The predicted molar refractivity (Wildman–Crippen MR) is 73.1 cm³/mol. The molecule has 0 aromatic heterocycles. The summed E-state index contributed by atoms with van der Waals surface area (Å²) in [5.74, 6) is -0.212. The number of hydrogen-bond acceptors (Lipinski definition) is 5. The average Bonchev–Trinajstić information content (AvgIpc) is 2.91. The Morgan fingerprint density at radius 2 is 2.40 bits per heavy atom. The topological polar surface area (TPSA) is 71.0 Å². The van der Waals surface area contributed by atoms with Gasteiger partial charge in [-0.1, -0.05) is 0 Å². The molecule has 0 saturated carbocycles. The molecule has 1 fully saturated rings. The van der Waals surface area contributed by atoms with Crippen molar-refractivity contribution in [2.75, 3.05) is 26.0 Å². The molecule has 1 unspecified atom stereocenters. The number of fused-ring (bicyclic) bond motifs is 2. The van der Waals surface area contributed by atoms with E-state index in [1.165, 1.54) is 19.2 Å². The maximum Gasteiger partial charge on any atom is 0.256 e. The Hall–Kier alpha value is -1.95. The fraction of sp³-hybridized carbons (Fsp3) is 0.500. The minimum atomic E-state index is -2.58. The quantitative estimate of drug-likeness (QED) is 0.802. The zero-order valence-electron chi connectivity index (χ0n) is 14.0. The summed E-state index contributed by atoms with van der Waals surface area (Å²) in [6.07, 6.45) is 0.567. The molecule has 1 aromatic rings. The number of phenols is 1. The summed E-state index contributed by atoms with van der Waals surface area (Å²) in [4.78, 5) is 14.3. The number of carbonyl (C=O) groups is 1. The van der Waals surface area contributed by atoms with Crippen LogP contribution in [-0.4, -0.2) is 48.9 Å². The molecule has 2 aliphatic heterocycles. The van der Waals surface area contributed by atoms with Crippen LogP contribution in [0.3, 0.4) is 0 Å². The largest absolute Gasteiger partial charge is 0.504 e. The van der Waals surface area contributed by atoms with Crippen LogP contribution in [0.1, 0.15) is 27.3 Å². The third-order valence-corrected chi connectivity index (χ3v) is 3.88. The van der Waals surface area contributed by atoms with Gasteiger partial charge in [-0.05, 0) is 18.9 Å². The zero-order valence-corrected chi connectivity index (χ0v) is 11.0. The minimum absolute atomic E-state index is 0.146. The second-order valence-electron chi connectivity index (χ2n) is 4.96. The summed E-state index contributed by atoms with van der Waals surface area (Å²) >= 11 is 0. The van der Waals surface area contributed by atoms with Crippen molar-refractivity contribution in [2.45, 2.75) is 25.1 Å². The number of amides is 1. The first-order valence-electron chi connectivity index (χ1n) is 7.96. The number of rotatable bonds is 2. The van der Waals surface area contributed by atoms with E-state index in [1.807, 2.05) is 0 Å². The van der Waals surface area contributed by atoms with E-state index < -0.39 is 13.3 Å². The van der Waals surface area contributed by atoms with Crippen LogP contribution in [0.2, 0.25) is 0 Å². The van der Waals surface area contributed by atoms with Crippen molar-refractivity contribution in [2.24, 2.45) is 0 Å². The number of nitrogens with zero attached hydrogens (tertiary/aromatic N) is 1. The highest BCUT2D eigenvalue weighted by Gasteiger charge is 2.39. The Kier molecular flexibility index (Phi) is 2.40. The Balaban J connectivity index is 2.05. The molecule has 2 N–H and O–H groups in total. The Bertz CT molecular complexity index is 635. The fourth-order valence-electron chi connectivity index (χ4n) is 2.90. The lowest BCUT2D eigenvalue weighted by Gasteiger charge is -2.28. The molecular weight excluding hydrogens is 260 g/mol. The molecule has 0 aliphatic carbocycles. The lowest BCUT2D eigenvalue weighted by Crippen LogP contribution is -2.44. The minimum Gasteiger partial charge on any atom is -0.504 e. The van der Waals surface area contributed by atoms with Gasteiger partial charge in [0.2, 0.25) is 0 Å². The lowest BCUT2D eigenvalue weighted by molar-refractivity contribution is 0.0420. The number of carbonyl (C=O) groups excluding carboxylic acids is 1. The maximum atomic E-state index is 12.7. The monoisotopic (exact) mass is 281 g/mol. The molecule has 3 rings (SSSR count). The molecule has 6 heteroatoms. The standard InChI is InChI=1S/C14H18N2O4/c1-19-12-7-9-8(6-11(12)17)14(18)16-5-3-4-10(16)13(15-9)20-2/h6-7,10,13,15,17H,3-5H2,1-2H3/t10-,13?/m0/s1/i2D3. The molecule has 1 aromatic carbocycles. The summed E-state index contributed by atoms with van der Waals surface area (Å²) < 4.78 is 32.2. The smallest absolute Gasteiger partial charge is 0.256 e. The highest BCUT2D eigenvalue weighted by Crippen LogP contribution is 2.37. The average molecular weight is 281 g/mol. The molecule has 6 nitrogen and oxygen atoms in total. The Morgan fingerprint density at radius 1 is 1.55 bits per heavy atom. The van der Waals surface area contributed by atoms with E-state index in [2.05, 4.69) is 5.32 Å². The molecule has 1 saturated heterocycles. The van der Waals surface area contributed by atoms with E-state index >= 15 is 0 Å². The molecule has 1 amide bonds. The van der Waals surface area contributed by atoms with Gasteiger partial charge in [0.25, 0.3) is 5.91 Å². The normalized spacial score (nSPS) is 27.6. The number of hydrogen-bond donors (Lipinski definition) is 2. The number of benzene rings is 1. The SMILES string of the molecule is [2H]C([2H])([2H])OC1Nc2cc(OC)c(O)cc2C(=O)N2CCC[C@@H]12. The molecular formula is C14H18N2O4. The second kappa shape index (κ2) is 4.86. The van der Waals surface area contributed by atoms with Crippen molar-refractivity contribution in [3.05, 3.63) is 17.7 Å². The van der Waals surface area contributed by atoms with Crippen LogP contribution >= 0.6 is 0 Å². The molecule has 2 atom stereocenters. The lowest BCUT2D eigenvalue weighted by atomic mass is 10.1. The van der Waals surface area contributed by atoms with E-state index in [0.29, 0.717) is 18.7 Å². The predicted octanol–water partition coefficient (Wildman–Crippen LogP) is 1.40. The molecule has 20 heavy (non-hydrogen) atoms. The molecule has 0 spiro atoms. The summed E-state index contributed by atoms with van der Waals surface area (Å²) in [6, 6.07) is 2.43. The van der Waals surface area contributed by atoms with Crippen molar-refractivity contribution in [1.29, 1.82) is 0 Å². The van der Waals surface area contributed by atoms with E-state index in [9.17, 15) is 9.90 Å². The van der Waals surface area contributed by atoms with Crippen molar-refractivity contribution in [1.82, 2.24) is 4.90 Å². The number of nitrogens with one attached hydrogen (secondary N) is 1. The summed E-state index contributed by atoms with van der Waals surface area (Å²) in [5.41, 5.74) is 0.653. The molecule has 2 heterocycles. The highest BCUT2D eigenvalue weighted by molar-refractivity contribution is 6.01. The van der Waals surface area contributed by atoms with E-state index in [0.717, 1.165) is 6.42 Å². The maximum absolute atomic E-state index is 12.7. The van der Waals surface area contributed by atoms with Crippen LogP contribution in [0.5, 0.6) is 11.5 Å². The number of ether oxygens (including phenoxy) is 2. The van der Waals surface area contributed by atoms with Gasteiger partial charge < -0.3 is 24.8 Å². The molecule has 2 aliphatic rings. The first kappa shape index (κ1) is 9.88. The van der Waals surface area contributed by atoms with Crippen LogP contribution in [-0.2, 0) is 4.74 Å². The first-order valence-corrected chi connectivity index (χ1v) is 6.46. The summed E-state index contributed by atoms with van der Waals surface area (Å²) in [7, 11) is -1.19. The third-order valence-electron chi connectivity index (χ3n) is 3.88. The van der Waals surface area contributed by atoms with Crippen molar-refractivity contribution in [3.8, 4) is 11.5 Å². The Labute approximate surface area is 121 Å². The fourth-order valence-corrected chi connectivity index (χ4v) is 2.90. The van der Waals surface area contributed by atoms with Crippen LogP contribution in [0.25, 0.3) is 0 Å². The second-order valence-corrected chi connectivity index (χ2v) is 4.96. The van der Waals surface area contributed by atoms with Crippen molar-refractivity contribution in [3.63, 3.8) is 0 Å². The number of phenolic OH excluding ortho intramolecular Hbond substituents is 1. The van der Waals surface area contributed by atoms with Gasteiger partial charge in [0, 0.05) is 19.6 Å². The van der Waals surface area contributed by atoms with Gasteiger partial charge in [-0.15, -0.1) is 0 Å². The molecule has 0 bridgehead atoms. The van der Waals surface area contributed by atoms with Crippen LogP contribution < -0.4 is 10.1 Å². The first-order chi connectivity index (χ1) is 10.8. The van der Waals surface area contributed by atoms with Gasteiger partial charge in [0.15, 0.2) is 11.5 Å². The highest BCUT2D eigenvalue weighted by atomic mass is 16.5. The number of methoxy groups -OCH3 is 2. The van der Waals surface area contributed by atoms with Crippen LogP contribution in [0, 0.1) is 0 Å². The Morgan fingerprint density at radius 3 is 3.15 bits per heavy atom. The van der Waals surface area contributed by atoms with Gasteiger partial charge in [-0.2, -0.15) is 0 Å². The number of anilines is 1. The third kappa shape index (κ3) is 1.87. The molecule has 0 radical (unpaired) electrons. The van der Waals surface area contributed by atoms with Crippen molar-refractivity contribution >= 4 is 11.6 Å². The van der Waals surface area contributed by atoms with E-state index in [-0.39, 0.29) is 29.0 Å². The van der Waals surface area contributed by atoms with Gasteiger partial charge in [-0.3, -0.25) is 4.79 Å². The van der Waals surface area contributed by atoms with E-state index in [4.69, 9.17) is 13.6 Å².